The number of hydrogen-bond donors (Lipinski definition) is 1. The van der Waals surface area contributed by atoms with Crippen molar-refractivity contribution in [1.29, 1.82) is 0 Å². The molecular formula is C19H23N5O. The van der Waals surface area contributed by atoms with E-state index in [-0.39, 0.29) is 6.04 Å². The van der Waals surface area contributed by atoms with E-state index in [4.69, 9.17) is 9.84 Å². The molecule has 1 N–H and O–H groups in total. The zero-order valence-corrected chi connectivity index (χ0v) is 15.0. The molecule has 0 bridgehead atoms. The minimum Gasteiger partial charge on any atom is -0.378 e. The second kappa shape index (κ2) is 7.44. The first-order valence-corrected chi connectivity index (χ1v) is 8.28. The third-order valence-electron chi connectivity index (χ3n) is 3.96. The summed E-state index contributed by atoms with van der Waals surface area (Å²) in [5, 5.41) is 8.10. The van der Waals surface area contributed by atoms with Crippen LogP contribution in [0.5, 0.6) is 0 Å². The highest BCUT2D eigenvalue weighted by atomic mass is 16.5. The Labute approximate surface area is 147 Å². The maximum atomic E-state index is 5.16. The van der Waals surface area contributed by atoms with Crippen LogP contribution >= 0.6 is 0 Å². The molecule has 1 unspecified atom stereocenters. The fraction of sp³-hybridized carbons (Fsp3) is 0.316. The van der Waals surface area contributed by atoms with Gasteiger partial charge in [-0.05, 0) is 38.5 Å². The number of hydrogen-bond acceptors (Lipinski definition) is 5. The van der Waals surface area contributed by atoms with Gasteiger partial charge in [0, 0.05) is 19.4 Å². The van der Waals surface area contributed by atoms with E-state index in [9.17, 15) is 0 Å². The Morgan fingerprint density at radius 1 is 1.16 bits per heavy atom. The second-order valence-corrected chi connectivity index (χ2v) is 6.06. The van der Waals surface area contributed by atoms with Crippen molar-refractivity contribution in [1.82, 2.24) is 19.7 Å². The summed E-state index contributed by atoms with van der Waals surface area (Å²) >= 11 is 0. The summed E-state index contributed by atoms with van der Waals surface area (Å²) in [6, 6.07) is 12.2. The fourth-order valence-corrected chi connectivity index (χ4v) is 2.74. The lowest BCUT2D eigenvalue weighted by Gasteiger charge is -2.14. The average molecular weight is 337 g/mol. The van der Waals surface area contributed by atoms with Crippen LogP contribution < -0.4 is 5.32 Å². The Kier molecular flexibility index (Phi) is 5.09. The number of aryl methyl sites for hydroxylation is 2. The molecule has 1 aromatic carbocycles. The zero-order valence-electron chi connectivity index (χ0n) is 15.0. The van der Waals surface area contributed by atoms with Gasteiger partial charge in [-0.1, -0.05) is 18.2 Å². The van der Waals surface area contributed by atoms with Crippen LogP contribution in [0.25, 0.3) is 5.69 Å². The number of benzene rings is 1. The molecule has 130 valence electrons. The molecule has 0 saturated heterocycles. The van der Waals surface area contributed by atoms with Crippen molar-refractivity contribution in [3.05, 3.63) is 65.4 Å². The van der Waals surface area contributed by atoms with Crippen LogP contribution in [0.15, 0.2) is 42.6 Å². The first-order chi connectivity index (χ1) is 12.1. The molecule has 0 radical (unpaired) electrons. The molecule has 0 fully saturated rings. The molecule has 0 aliphatic heterocycles. The van der Waals surface area contributed by atoms with Crippen molar-refractivity contribution >= 4 is 5.82 Å². The molecule has 0 aliphatic carbocycles. The Hall–Kier alpha value is -2.73. The predicted octanol–water partition coefficient (Wildman–Crippen LogP) is 3.60. The molecule has 6 nitrogen and oxygen atoms in total. The van der Waals surface area contributed by atoms with Crippen molar-refractivity contribution in [3.63, 3.8) is 0 Å². The summed E-state index contributed by atoms with van der Waals surface area (Å²) < 4.78 is 7.06. The highest BCUT2D eigenvalue weighted by Crippen LogP contribution is 2.19. The van der Waals surface area contributed by atoms with Crippen LogP contribution in [0, 0.1) is 13.8 Å². The van der Waals surface area contributed by atoms with Gasteiger partial charge in [-0.2, -0.15) is 5.10 Å². The Bertz CT molecular complexity index is 859. The third-order valence-corrected chi connectivity index (χ3v) is 3.96. The summed E-state index contributed by atoms with van der Waals surface area (Å²) in [5.74, 6) is 1.49. The summed E-state index contributed by atoms with van der Waals surface area (Å²) in [4.78, 5) is 8.81. The van der Waals surface area contributed by atoms with Gasteiger partial charge in [-0.3, -0.25) is 0 Å². The van der Waals surface area contributed by atoms with Crippen LogP contribution in [0.3, 0.4) is 0 Å². The van der Waals surface area contributed by atoms with Gasteiger partial charge in [0.25, 0.3) is 0 Å². The van der Waals surface area contributed by atoms with Crippen molar-refractivity contribution in [3.8, 4) is 5.69 Å². The normalized spacial score (nSPS) is 12.2. The van der Waals surface area contributed by atoms with Gasteiger partial charge < -0.3 is 10.1 Å². The van der Waals surface area contributed by atoms with E-state index in [1.807, 2.05) is 42.1 Å². The zero-order chi connectivity index (χ0) is 17.8. The van der Waals surface area contributed by atoms with E-state index in [2.05, 4.69) is 41.3 Å². The van der Waals surface area contributed by atoms with Crippen LogP contribution in [-0.2, 0) is 11.3 Å². The first kappa shape index (κ1) is 17.1. The Morgan fingerprint density at radius 3 is 2.72 bits per heavy atom. The van der Waals surface area contributed by atoms with Gasteiger partial charge >= 0.3 is 0 Å². The SMILES string of the molecule is COCc1cc(NC(C)c2ccn(-c3ccccc3C)n2)nc(C)n1. The van der Waals surface area contributed by atoms with E-state index in [0.29, 0.717) is 6.61 Å². The van der Waals surface area contributed by atoms with Gasteiger partial charge in [0.05, 0.1) is 29.7 Å². The number of rotatable bonds is 6. The maximum absolute atomic E-state index is 5.16. The number of anilines is 1. The van der Waals surface area contributed by atoms with Crippen molar-refractivity contribution < 1.29 is 4.74 Å². The van der Waals surface area contributed by atoms with E-state index < -0.39 is 0 Å². The van der Waals surface area contributed by atoms with Gasteiger partial charge in [0.15, 0.2) is 0 Å². The van der Waals surface area contributed by atoms with E-state index in [0.717, 1.165) is 28.7 Å². The maximum Gasteiger partial charge on any atom is 0.130 e. The van der Waals surface area contributed by atoms with Gasteiger partial charge in [0.1, 0.15) is 11.6 Å². The lowest BCUT2D eigenvalue weighted by Crippen LogP contribution is -2.11. The third kappa shape index (κ3) is 4.03. The lowest BCUT2D eigenvalue weighted by atomic mass is 10.2. The molecule has 0 amide bonds. The molecule has 3 rings (SSSR count). The molecular weight excluding hydrogens is 314 g/mol. The van der Waals surface area contributed by atoms with Gasteiger partial charge in [-0.15, -0.1) is 0 Å². The number of nitrogens with zero attached hydrogens (tertiary/aromatic N) is 4. The summed E-state index contributed by atoms with van der Waals surface area (Å²) in [7, 11) is 1.66. The van der Waals surface area contributed by atoms with E-state index in [1.54, 1.807) is 7.11 Å². The minimum atomic E-state index is 0.0231. The lowest BCUT2D eigenvalue weighted by molar-refractivity contribution is 0.181. The molecule has 2 aromatic heterocycles. The number of nitrogens with one attached hydrogen (secondary N) is 1. The number of ether oxygens (including phenoxy) is 1. The van der Waals surface area contributed by atoms with Crippen LogP contribution in [-0.4, -0.2) is 26.9 Å². The van der Waals surface area contributed by atoms with Crippen LogP contribution in [0.2, 0.25) is 0 Å². The quantitative estimate of drug-likeness (QED) is 0.744. The highest BCUT2D eigenvalue weighted by molar-refractivity contribution is 5.41. The summed E-state index contributed by atoms with van der Waals surface area (Å²) in [6.07, 6.45) is 1.98. The standard InChI is InChI=1S/C19H23N5O/c1-13-7-5-6-8-18(13)24-10-9-17(23-24)14(2)20-19-11-16(12-25-4)21-15(3)22-19/h5-11,14H,12H2,1-4H3,(H,20,21,22). The minimum absolute atomic E-state index is 0.0231. The largest absolute Gasteiger partial charge is 0.378 e. The first-order valence-electron chi connectivity index (χ1n) is 8.28. The second-order valence-electron chi connectivity index (χ2n) is 6.06. The number of para-hydroxylation sites is 1. The van der Waals surface area contributed by atoms with Crippen molar-refractivity contribution in [2.75, 3.05) is 12.4 Å². The summed E-state index contributed by atoms with van der Waals surface area (Å²) in [5.41, 5.74) is 4.08. The fourth-order valence-electron chi connectivity index (χ4n) is 2.74. The summed E-state index contributed by atoms with van der Waals surface area (Å²) in [6.45, 7) is 6.49. The molecule has 1 atom stereocenters. The molecule has 2 heterocycles. The van der Waals surface area contributed by atoms with Crippen molar-refractivity contribution in [2.24, 2.45) is 0 Å². The molecule has 6 heteroatoms. The smallest absolute Gasteiger partial charge is 0.130 e. The van der Waals surface area contributed by atoms with E-state index in [1.165, 1.54) is 5.56 Å². The number of aromatic nitrogens is 4. The van der Waals surface area contributed by atoms with Crippen LogP contribution in [0.1, 0.15) is 35.7 Å². The molecule has 0 spiro atoms. The van der Waals surface area contributed by atoms with Gasteiger partial charge in [0.2, 0.25) is 0 Å². The van der Waals surface area contributed by atoms with Crippen molar-refractivity contribution in [2.45, 2.75) is 33.4 Å². The monoisotopic (exact) mass is 337 g/mol. The predicted molar refractivity (Wildman–Crippen MR) is 97.8 cm³/mol. The number of methoxy groups -OCH3 is 1. The molecule has 0 saturated carbocycles. The molecule has 0 aliphatic rings. The van der Waals surface area contributed by atoms with Gasteiger partial charge in [-0.25, -0.2) is 14.6 Å². The average Bonchev–Trinajstić information content (AvgIpc) is 3.05. The van der Waals surface area contributed by atoms with E-state index >= 15 is 0 Å². The Morgan fingerprint density at radius 2 is 1.96 bits per heavy atom. The Balaban J connectivity index is 1.78. The molecule has 3 aromatic rings. The highest BCUT2D eigenvalue weighted by Gasteiger charge is 2.12. The topological polar surface area (TPSA) is 64.9 Å². The molecule has 25 heavy (non-hydrogen) atoms. The van der Waals surface area contributed by atoms with Crippen LogP contribution in [0.4, 0.5) is 5.82 Å².